The summed E-state index contributed by atoms with van der Waals surface area (Å²) in [5.41, 5.74) is 1.45. The summed E-state index contributed by atoms with van der Waals surface area (Å²) in [6.45, 7) is 0.184. The van der Waals surface area contributed by atoms with Crippen LogP contribution in [0.15, 0.2) is 6.07 Å². The summed E-state index contributed by atoms with van der Waals surface area (Å²) in [5, 5.41) is 2.91. The number of esters is 1. The lowest BCUT2D eigenvalue weighted by atomic mass is 9.86. The normalized spacial score (nSPS) is 26.3. The van der Waals surface area contributed by atoms with Crippen molar-refractivity contribution in [1.82, 2.24) is 0 Å². The monoisotopic (exact) mass is 345 g/mol. The largest absolute Gasteiger partial charge is 0.493 e. The molecule has 4 rings (SSSR count). The number of hydrogen-bond acceptors (Lipinski definition) is 5. The Morgan fingerprint density at radius 3 is 2.76 bits per heavy atom. The maximum atomic E-state index is 12.7. The van der Waals surface area contributed by atoms with E-state index >= 15 is 0 Å². The second-order valence-electron chi connectivity index (χ2n) is 7.28. The van der Waals surface area contributed by atoms with Crippen LogP contribution >= 0.6 is 0 Å². The molecule has 25 heavy (non-hydrogen) atoms. The molecule has 1 N–H and O–H groups in total. The number of amides is 1. The van der Waals surface area contributed by atoms with Crippen LogP contribution in [0.3, 0.4) is 0 Å². The SMILES string of the molecule is COc1cc2c(c(NC(=O)C[C@H]3C[C@H]4CC[C@H]3C4)c1OC)C(=O)OC2. The van der Waals surface area contributed by atoms with E-state index in [1.165, 1.54) is 33.5 Å². The summed E-state index contributed by atoms with van der Waals surface area (Å²) in [6.07, 6.45) is 5.46. The topological polar surface area (TPSA) is 73.9 Å². The molecule has 1 aliphatic heterocycles. The number of nitrogens with one attached hydrogen (secondary N) is 1. The minimum absolute atomic E-state index is 0.0778. The molecule has 3 aliphatic rings. The van der Waals surface area contributed by atoms with E-state index in [1.807, 2.05) is 0 Å². The Kier molecular flexibility index (Phi) is 4.06. The molecule has 0 aromatic heterocycles. The number of cyclic esters (lactones) is 1. The highest BCUT2D eigenvalue weighted by molar-refractivity contribution is 6.06. The van der Waals surface area contributed by atoms with E-state index in [9.17, 15) is 9.59 Å². The number of fused-ring (bicyclic) bond motifs is 3. The predicted octanol–water partition coefficient (Wildman–Crippen LogP) is 3.14. The Morgan fingerprint density at radius 1 is 1.28 bits per heavy atom. The minimum atomic E-state index is -0.439. The molecule has 6 nitrogen and oxygen atoms in total. The van der Waals surface area contributed by atoms with Gasteiger partial charge in [-0.3, -0.25) is 4.79 Å². The predicted molar refractivity (Wildman–Crippen MR) is 90.9 cm³/mol. The van der Waals surface area contributed by atoms with Gasteiger partial charge in [0.15, 0.2) is 11.5 Å². The molecule has 3 atom stereocenters. The lowest BCUT2D eigenvalue weighted by Gasteiger charge is -2.22. The second-order valence-corrected chi connectivity index (χ2v) is 7.28. The summed E-state index contributed by atoms with van der Waals surface area (Å²) in [4.78, 5) is 24.8. The first kappa shape index (κ1) is 16.2. The van der Waals surface area contributed by atoms with Crippen LogP contribution < -0.4 is 14.8 Å². The van der Waals surface area contributed by atoms with Crippen molar-refractivity contribution in [2.45, 2.75) is 38.7 Å². The first-order valence-corrected chi connectivity index (χ1v) is 8.85. The van der Waals surface area contributed by atoms with E-state index in [1.54, 1.807) is 6.07 Å². The van der Waals surface area contributed by atoms with E-state index in [-0.39, 0.29) is 12.5 Å². The van der Waals surface area contributed by atoms with E-state index in [0.29, 0.717) is 46.6 Å². The third-order valence-electron chi connectivity index (χ3n) is 5.91. The highest BCUT2D eigenvalue weighted by Crippen LogP contribution is 2.50. The third kappa shape index (κ3) is 2.73. The lowest BCUT2D eigenvalue weighted by molar-refractivity contribution is -0.117. The quantitative estimate of drug-likeness (QED) is 0.830. The molecule has 6 heteroatoms. The molecular weight excluding hydrogens is 322 g/mol. The number of ether oxygens (including phenoxy) is 3. The highest BCUT2D eigenvalue weighted by Gasteiger charge is 2.40. The van der Waals surface area contributed by atoms with E-state index in [2.05, 4.69) is 5.32 Å². The van der Waals surface area contributed by atoms with Gasteiger partial charge in [0.25, 0.3) is 0 Å². The fraction of sp³-hybridized carbons (Fsp3) is 0.579. The molecule has 2 aliphatic carbocycles. The third-order valence-corrected chi connectivity index (χ3v) is 5.91. The number of rotatable bonds is 5. The zero-order valence-corrected chi connectivity index (χ0v) is 14.6. The van der Waals surface area contributed by atoms with Crippen molar-refractivity contribution in [3.05, 3.63) is 17.2 Å². The number of anilines is 1. The summed E-state index contributed by atoms with van der Waals surface area (Å²) in [5.74, 6) is 2.26. The van der Waals surface area contributed by atoms with Crippen molar-refractivity contribution in [1.29, 1.82) is 0 Å². The van der Waals surface area contributed by atoms with Crippen molar-refractivity contribution in [3.63, 3.8) is 0 Å². The summed E-state index contributed by atoms with van der Waals surface area (Å²) in [7, 11) is 3.03. The molecule has 2 saturated carbocycles. The second kappa shape index (κ2) is 6.24. The van der Waals surface area contributed by atoms with Crippen molar-refractivity contribution in [2.24, 2.45) is 17.8 Å². The van der Waals surface area contributed by atoms with Gasteiger partial charge in [-0.25, -0.2) is 4.79 Å². The van der Waals surface area contributed by atoms with Gasteiger partial charge in [-0.1, -0.05) is 6.42 Å². The van der Waals surface area contributed by atoms with Crippen molar-refractivity contribution >= 4 is 17.6 Å². The maximum absolute atomic E-state index is 12.7. The number of benzene rings is 1. The van der Waals surface area contributed by atoms with E-state index < -0.39 is 5.97 Å². The van der Waals surface area contributed by atoms with Gasteiger partial charge in [-0.05, 0) is 43.1 Å². The lowest BCUT2D eigenvalue weighted by Crippen LogP contribution is -2.21. The number of methoxy groups -OCH3 is 2. The Hall–Kier alpha value is -2.24. The summed E-state index contributed by atoms with van der Waals surface area (Å²) < 4.78 is 15.9. The zero-order valence-electron chi connectivity index (χ0n) is 14.6. The van der Waals surface area contributed by atoms with Crippen LogP contribution in [0.4, 0.5) is 5.69 Å². The van der Waals surface area contributed by atoms with Crippen LogP contribution in [0.1, 0.15) is 48.0 Å². The highest BCUT2D eigenvalue weighted by atomic mass is 16.5. The molecule has 0 saturated heterocycles. The summed E-state index contributed by atoms with van der Waals surface area (Å²) in [6, 6.07) is 1.73. The first-order valence-electron chi connectivity index (χ1n) is 8.85. The van der Waals surface area contributed by atoms with E-state index in [0.717, 1.165) is 12.3 Å². The van der Waals surface area contributed by atoms with Crippen molar-refractivity contribution in [3.8, 4) is 11.5 Å². The van der Waals surface area contributed by atoms with Gasteiger partial charge in [0, 0.05) is 12.0 Å². The molecule has 1 amide bonds. The van der Waals surface area contributed by atoms with Crippen LogP contribution in [0.5, 0.6) is 11.5 Å². The molecule has 2 fully saturated rings. The average Bonchev–Trinajstić information content (AvgIpc) is 3.30. The number of hydrogen-bond donors (Lipinski definition) is 1. The molecular formula is C19H23NO5. The Labute approximate surface area is 146 Å². The average molecular weight is 345 g/mol. The van der Waals surface area contributed by atoms with Crippen LogP contribution in [0, 0.1) is 17.8 Å². The molecule has 0 radical (unpaired) electrons. The number of carbonyl (C=O) groups is 2. The maximum Gasteiger partial charge on any atom is 0.341 e. The Morgan fingerprint density at radius 2 is 2.12 bits per heavy atom. The Balaban J connectivity index is 1.59. The van der Waals surface area contributed by atoms with E-state index in [4.69, 9.17) is 14.2 Å². The Bertz CT molecular complexity index is 729. The van der Waals surface area contributed by atoms with Gasteiger partial charge in [0.2, 0.25) is 5.91 Å². The van der Waals surface area contributed by atoms with Crippen molar-refractivity contribution < 1.29 is 23.8 Å². The first-order chi connectivity index (χ1) is 12.1. The standard InChI is InChI=1S/C19H23NO5/c1-23-14-7-13-9-25-19(22)16(13)17(18(14)24-2)20-15(21)8-12-6-10-3-4-11(12)5-10/h7,10-12H,3-6,8-9H2,1-2H3,(H,20,21)/t10-,11-,12+/m0/s1. The van der Waals surface area contributed by atoms with Crippen molar-refractivity contribution in [2.75, 3.05) is 19.5 Å². The fourth-order valence-electron chi connectivity index (χ4n) is 4.78. The summed E-state index contributed by atoms with van der Waals surface area (Å²) >= 11 is 0. The van der Waals surface area contributed by atoms with Gasteiger partial charge in [0.1, 0.15) is 12.3 Å². The van der Waals surface area contributed by atoms with Gasteiger partial charge in [-0.2, -0.15) is 0 Å². The molecule has 2 bridgehead atoms. The molecule has 1 aromatic rings. The van der Waals surface area contributed by atoms with Crippen LogP contribution in [-0.2, 0) is 16.1 Å². The smallest absolute Gasteiger partial charge is 0.341 e. The molecule has 1 aromatic carbocycles. The van der Waals surface area contributed by atoms with Gasteiger partial charge in [-0.15, -0.1) is 0 Å². The molecule has 0 spiro atoms. The van der Waals surface area contributed by atoms with Gasteiger partial charge in [0.05, 0.1) is 19.8 Å². The zero-order chi connectivity index (χ0) is 17.6. The van der Waals surface area contributed by atoms with Gasteiger partial charge < -0.3 is 19.5 Å². The van der Waals surface area contributed by atoms with Crippen LogP contribution in [-0.4, -0.2) is 26.1 Å². The van der Waals surface area contributed by atoms with Crippen LogP contribution in [0.2, 0.25) is 0 Å². The molecule has 134 valence electrons. The minimum Gasteiger partial charge on any atom is -0.493 e. The molecule has 0 unspecified atom stereocenters. The van der Waals surface area contributed by atoms with Crippen LogP contribution in [0.25, 0.3) is 0 Å². The molecule has 1 heterocycles. The number of carbonyl (C=O) groups excluding carboxylic acids is 2. The van der Waals surface area contributed by atoms with Gasteiger partial charge >= 0.3 is 5.97 Å². The fourth-order valence-corrected chi connectivity index (χ4v) is 4.78.